The van der Waals surface area contributed by atoms with Gasteiger partial charge in [0.15, 0.2) is 0 Å². The maximum absolute atomic E-state index is 13.1. The summed E-state index contributed by atoms with van der Waals surface area (Å²) in [6.45, 7) is 3.15. The lowest BCUT2D eigenvalue weighted by molar-refractivity contribution is -0.137. The molecule has 0 aliphatic carbocycles. The third-order valence-electron chi connectivity index (χ3n) is 5.09. The molecule has 1 aliphatic rings. The first-order valence-electron chi connectivity index (χ1n) is 9.55. The molecule has 1 atom stereocenters. The molecule has 0 radical (unpaired) electrons. The Labute approximate surface area is 184 Å². The van der Waals surface area contributed by atoms with Crippen molar-refractivity contribution >= 4 is 39.2 Å². The van der Waals surface area contributed by atoms with E-state index in [1.54, 1.807) is 18.5 Å². The maximum atomic E-state index is 13.1. The molecule has 3 aromatic rings. The molecule has 0 saturated carbocycles. The van der Waals surface area contributed by atoms with Crippen LogP contribution in [0.3, 0.4) is 0 Å². The van der Waals surface area contributed by atoms with Crippen molar-refractivity contribution in [3.63, 3.8) is 0 Å². The summed E-state index contributed by atoms with van der Waals surface area (Å²) in [4.78, 5) is 25.1. The van der Waals surface area contributed by atoms with Crippen LogP contribution in [0.4, 0.5) is 19.1 Å². The van der Waals surface area contributed by atoms with Gasteiger partial charge in [0.1, 0.15) is 0 Å². The van der Waals surface area contributed by atoms with E-state index in [0.717, 1.165) is 23.7 Å². The number of β-amino-alcohol motifs (C(OH)–C–C–N with tert-alkyl or cyclic N) is 1. The lowest BCUT2D eigenvalue weighted by atomic mass is 10.2. The van der Waals surface area contributed by atoms with Crippen LogP contribution in [0, 0.1) is 0 Å². The summed E-state index contributed by atoms with van der Waals surface area (Å²) in [7, 11) is 0. The number of hydrogen-bond acceptors (Lipinski definition) is 7. The molecule has 31 heavy (non-hydrogen) atoms. The molecule has 0 spiro atoms. The molecule has 1 unspecified atom stereocenters. The Balaban J connectivity index is 1.40. The van der Waals surface area contributed by atoms with E-state index in [2.05, 4.69) is 19.8 Å². The number of benzene rings is 1. The second-order valence-corrected chi connectivity index (χ2v) is 8.74. The number of halogens is 4. The van der Waals surface area contributed by atoms with E-state index in [0.29, 0.717) is 38.7 Å². The van der Waals surface area contributed by atoms with Gasteiger partial charge >= 0.3 is 6.18 Å². The van der Waals surface area contributed by atoms with Gasteiger partial charge in [-0.2, -0.15) is 13.2 Å². The van der Waals surface area contributed by atoms with E-state index < -0.39 is 28.4 Å². The predicted octanol–water partition coefficient (Wildman–Crippen LogP) is 2.71. The van der Waals surface area contributed by atoms with Gasteiger partial charge in [0, 0.05) is 45.1 Å². The van der Waals surface area contributed by atoms with Gasteiger partial charge < -0.3 is 10.0 Å². The minimum Gasteiger partial charge on any atom is -0.390 e. The number of anilines is 1. The predicted molar refractivity (Wildman–Crippen MR) is 113 cm³/mol. The third-order valence-corrected chi connectivity index (χ3v) is 6.48. The highest BCUT2D eigenvalue weighted by Gasteiger charge is 2.34. The van der Waals surface area contributed by atoms with Crippen LogP contribution in [-0.2, 0) is 12.7 Å². The minimum atomic E-state index is -4.60. The molecule has 1 aromatic carbocycles. The Morgan fingerprint density at radius 1 is 1.13 bits per heavy atom. The summed E-state index contributed by atoms with van der Waals surface area (Å²) < 4.78 is 40.7. The highest BCUT2D eigenvalue weighted by atomic mass is 35.5. The molecule has 1 saturated heterocycles. The number of piperazine rings is 1. The van der Waals surface area contributed by atoms with E-state index in [4.69, 9.17) is 11.6 Å². The zero-order valence-electron chi connectivity index (χ0n) is 16.2. The molecule has 7 nitrogen and oxygen atoms in total. The number of aromatic nitrogens is 3. The number of aliphatic hydroxyl groups is 1. The van der Waals surface area contributed by atoms with E-state index in [9.17, 15) is 23.1 Å². The molecule has 4 rings (SSSR count). The van der Waals surface area contributed by atoms with Crippen molar-refractivity contribution in [2.75, 3.05) is 37.6 Å². The zero-order valence-corrected chi connectivity index (χ0v) is 17.8. The van der Waals surface area contributed by atoms with Crippen LogP contribution in [-0.4, -0.2) is 62.8 Å². The Morgan fingerprint density at radius 2 is 1.81 bits per heavy atom. The molecule has 12 heteroatoms. The summed E-state index contributed by atoms with van der Waals surface area (Å²) in [5.41, 5.74) is -1.43. The second-order valence-electron chi connectivity index (χ2n) is 7.27. The van der Waals surface area contributed by atoms with Crippen molar-refractivity contribution < 1.29 is 18.3 Å². The van der Waals surface area contributed by atoms with Crippen LogP contribution < -0.4 is 10.5 Å². The van der Waals surface area contributed by atoms with Crippen LogP contribution in [0.1, 0.15) is 5.56 Å². The number of nitrogens with zero attached hydrogens (tertiary/aromatic N) is 5. The Morgan fingerprint density at radius 3 is 2.45 bits per heavy atom. The molecular weight excluding hydrogens is 455 g/mol. The lowest BCUT2D eigenvalue weighted by Gasteiger charge is -2.35. The summed E-state index contributed by atoms with van der Waals surface area (Å²) in [5.74, 6) is 0.663. The standard InChI is InChI=1S/C19H19ClF3N5O2S/c20-15-8-13-16(9-14(15)19(21,22)23)31-28(17(13)30)11-12(29)10-26-4-6-27(7-5-26)18-24-2-1-3-25-18/h1-3,8-9,12,29H,4-7,10-11H2. The van der Waals surface area contributed by atoms with Gasteiger partial charge in [0.2, 0.25) is 5.95 Å². The van der Waals surface area contributed by atoms with E-state index in [1.165, 1.54) is 3.96 Å². The van der Waals surface area contributed by atoms with Crippen LogP contribution in [0.25, 0.3) is 10.1 Å². The molecule has 166 valence electrons. The van der Waals surface area contributed by atoms with Crippen LogP contribution in [0.15, 0.2) is 35.4 Å². The Bertz CT molecular complexity index is 1110. The monoisotopic (exact) mass is 473 g/mol. The quantitative estimate of drug-likeness (QED) is 0.614. The maximum Gasteiger partial charge on any atom is 0.417 e. The Kier molecular flexibility index (Phi) is 6.20. The lowest BCUT2D eigenvalue weighted by Crippen LogP contribution is -2.49. The fourth-order valence-electron chi connectivity index (χ4n) is 3.56. The van der Waals surface area contributed by atoms with Crippen molar-refractivity contribution in [1.82, 2.24) is 18.8 Å². The topological polar surface area (TPSA) is 74.5 Å². The van der Waals surface area contributed by atoms with Crippen molar-refractivity contribution in [2.24, 2.45) is 0 Å². The van der Waals surface area contributed by atoms with Gasteiger partial charge in [0.05, 0.1) is 33.3 Å². The van der Waals surface area contributed by atoms with E-state index in [1.807, 2.05) is 0 Å². The van der Waals surface area contributed by atoms with Crippen LogP contribution in [0.5, 0.6) is 0 Å². The minimum absolute atomic E-state index is 0.000832. The number of aliphatic hydroxyl groups excluding tert-OH is 1. The normalized spacial score (nSPS) is 16.7. The average molecular weight is 474 g/mol. The average Bonchev–Trinajstić information content (AvgIpc) is 3.02. The van der Waals surface area contributed by atoms with Gasteiger partial charge in [-0.1, -0.05) is 23.1 Å². The number of fused-ring (bicyclic) bond motifs is 1. The molecule has 1 aliphatic heterocycles. The first-order valence-corrected chi connectivity index (χ1v) is 10.7. The summed E-state index contributed by atoms with van der Waals surface area (Å²) >= 11 is 6.62. The molecule has 3 heterocycles. The van der Waals surface area contributed by atoms with Crippen molar-refractivity contribution in [1.29, 1.82) is 0 Å². The third kappa shape index (κ3) is 4.84. The molecule has 2 aromatic heterocycles. The first kappa shape index (κ1) is 22.0. The van der Waals surface area contributed by atoms with Gasteiger partial charge in [-0.3, -0.25) is 13.7 Å². The number of hydrogen-bond donors (Lipinski definition) is 1. The fourth-order valence-corrected chi connectivity index (χ4v) is 4.91. The molecule has 0 amide bonds. The SMILES string of the molecule is O=c1c2cc(Cl)c(C(F)(F)F)cc2sn1CC(O)CN1CCN(c2ncccn2)CC1. The summed E-state index contributed by atoms with van der Waals surface area (Å²) in [5, 5.41) is 10.1. The number of rotatable bonds is 5. The molecule has 1 fully saturated rings. The molecule has 1 N–H and O–H groups in total. The highest BCUT2D eigenvalue weighted by Crippen LogP contribution is 2.37. The van der Waals surface area contributed by atoms with Gasteiger partial charge in [-0.25, -0.2) is 9.97 Å². The second kappa shape index (κ2) is 8.73. The van der Waals surface area contributed by atoms with Crippen LogP contribution in [0.2, 0.25) is 5.02 Å². The summed E-state index contributed by atoms with van der Waals surface area (Å²) in [6, 6.07) is 3.69. The molecule has 0 bridgehead atoms. The largest absolute Gasteiger partial charge is 0.417 e. The Hall–Kier alpha value is -2.21. The van der Waals surface area contributed by atoms with E-state index in [-0.39, 0.29) is 16.6 Å². The van der Waals surface area contributed by atoms with Crippen molar-refractivity contribution in [3.05, 3.63) is 51.5 Å². The highest BCUT2D eigenvalue weighted by molar-refractivity contribution is 7.13. The van der Waals surface area contributed by atoms with Gasteiger partial charge in [0.25, 0.3) is 5.56 Å². The summed E-state index contributed by atoms with van der Waals surface area (Å²) in [6.07, 6.45) is -2.07. The fraction of sp³-hybridized carbons (Fsp3) is 0.421. The van der Waals surface area contributed by atoms with Crippen molar-refractivity contribution in [2.45, 2.75) is 18.8 Å². The van der Waals surface area contributed by atoms with Gasteiger partial charge in [-0.05, 0) is 18.2 Å². The van der Waals surface area contributed by atoms with Crippen LogP contribution >= 0.6 is 23.1 Å². The smallest absolute Gasteiger partial charge is 0.390 e. The van der Waals surface area contributed by atoms with E-state index >= 15 is 0 Å². The molecular formula is C19H19ClF3N5O2S. The first-order chi connectivity index (χ1) is 14.7. The van der Waals surface area contributed by atoms with Crippen molar-refractivity contribution in [3.8, 4) is 0 Å². The van der Waals surface area contributed by atoms with Gasteiger partial charge in [-0.15, -0.1) is 0 Å². The zero-order chi connectivity index (χ0) is 22.2. The number of alkyl halides is 3.